The Morgan fingerprint density at radius 3 is 2.60 bits per heavy atom. The Kier molecular flexibility index (Phi) is 4.21. The van der Waals surface area contributed by atoms with Gasteiger partial charge >= 0.3 is 0 Å². The summed E-state index contributed by atoms with van der Waals surface area (Å²) >= 11 is 0. The molecule has 1 aliphatic carbocycles. The van der Waals surface area contributed by atoms with E-state index in [1.807, 2.05) is 18.2 Å². The highest BCUT2D eigenvalue weighted by molar-refractivity contribution is 7.91. The lowest BCUT2D eigenvalue weighted by Gasteiger charge is -2.07. The van der Waals surface area contributed by atoms with Gasteiger partial charge in [-0.25, -0.2) is 13.4 Å². The zero-order valence-electron chi connectivity index (χ0n) is 13.9. The summed E-state index contributed by atoms with van der Waals surface area (Å²) < 4.78 is 24.7. The van der Waals surface area contributed by atoms with Crippen LogP contribution in [-0.2, 0) is 9.84 Å². The van der Waals surface area contributed by atoms with Crippen molar-refractivity contribution in [1.29, 1.82) is 0 Å². The van der Waals surface area contributed by atoms with Crippen molar-refractivity contribution in [3.8, 4) is 0 Å². The molecular formula is C19H21N3O2S. The number of imidazole rings is 1. The summed E-state index contributed by atoms with van der Waals surface area (Å²) in [6.45, 7) is 0. The highest BCUT2D eigenvalue weighted by Gasteiger charge is 2.20. The number of hydrogen-bond acceptors (Lipinski definition) is 4. The number of nitrogens with one attached hydrogen (secondary N) is 2. The molecule has 0 spiro atoms. The quantitative estimate of drug-likeness (QED) is 0.723. The molecule has 2 N–H and O–H groups in total. The van der Waals surface area contributed by atoms with Gasteiger partial charge in [-0.15, -0.1) is 0 Å². The van der Waals surface area contributed by atoms with Gasteiger partial charge in [-0.2, -0.15) is 0 Å². The van der Waals surface area contributed by atoms with Gasteiger partial charge in [-0.1, -0.05) is 31.0 Å². The Morgan fingerprint density at radius 2 is 1.84 bits per heavy atom. The predicted octanol–water partition coefficient (Wildman–Crippen LogP) is 4.06. The van der Waals surface area contributed by atoms with Gasteiger partial charge in [0.15, 0.2) is 9.84 Å². The van der Waals surface area contributed by atoms with Crippen molar-refractivity contribution >= 4 is 26.6 Å². The van der Waals surface area contributed by atoms with Gasteiger partial charge in [0.05, 0.1) is 15.9 Å². The number of hydrogen-bond donors (Lipinski definition) is 2. The Bertz CT molecular complexity index is 974. The van der Waals surface area contributed by atoms with Crippen LogP contribution < -0.4 is 5.32 Å². The number of aromatic amines is 1. The molecule has 4 rings (SSSR count). The number of H-pyrrole nitrogens is 1. The molecule has 6 heteroatoms. The minimum absolute atomic E-state index is 0.133. The van der Waals surface area contributed by atoms with Gasteiger partial charge in [-0.3, -0.25) is 0 Å². The van der Waals surface area contributed by atoms with E-state index in [0.717, 1.165) is 22.5 Å². The molecule has 1 fully saturated rings. The lowest BCUT2D eigenvalue weighted by Crippen LogP contribution is -2.14. The van der Waals surface area contributed by atoms with Crippen LogP contribution >= 0.6 is 0 Å². The molecular weight excluding hydrogens is 334 g/mol. The Morgan fingerprint density at radius 1 is 1.08 bits per heavy atom. The predicted molar refractivity (Wildman–Crippen MR) is 99.4 cm³/mol. The van der Waals surface area contributed by atoms with Gasteiger partial charge in [0, 0.05) is 11.6 Å². The molecule has 2 aromatic carbocycles. The summed E-state index contributed by atoms with van der Waals surface area (Å²) in [7, 11) is -3.36. The standard InChI is InChI=1S/C19H21N3O2S/c23-25(24,16-8-2-1-3-9-16)13-20-15-10-11-17-18(12-15)22-19(21-17)14-6-4-5-7-14/h1-3,8-12,14,20H,4-7,13H2,(H,21,22). The van der Waals surface area contributed by atoms with Crippen molar-refractivity contribution < 1.29 is 8.42 Å². The summed E-state index contributed by atoms with van der Waals surface area (Å²) in [6, 6.07) is 14.2. The van der Waals surface area contributed by atoms with E-state index >= 15 is 0 Å². The van der Waals surface area contributed by atoms with E-state index < -0.39 is 9.84 Å². The normalized spacial score (nSPS) is 15.7. The summed E-state index contributed by atoms with van der Waals surface area (Å²) in [6.07, 6.45) is 4.93. The second-order valence-electron chi connectivity index (χ2n) is 6.58. The SMILES string of the molecule is O=S(=O)(CNc1ccc2nc(C3CCCC3)[nH]c2c1)c1ccccc1. The minimum atomic E-state index is -3.36. The molecule has 1 saturated carbocycles. The smallest absolute Gasteiger partial charge is 0.196 e. The summed E-state index contributed by atoms with van der Waals surface area (Å²) in [5.41, 5.74) is 2.65. The van der Waals surface area contributed by atoms with Crippen molar-refractivity contribution in [3.05, 3.63) is 54.4 Å². The number of aromatic nitrogens is 2. The molecule has 3 aromatic rings. The molecule has 0 bridgehead atoms. The Labute approximate surface area is 147 Å². The van der Waals surface area contributed by atoms with Crippen molar-refractivity contribution in [1.82, 2.24) is 9.97 Å². The highest BCUT2D eigenvalue weighted by Crippen LogP contribution is 2.33. The average Bonchev–Trinajstić information content (AvgIpc) is 3.29. The third kappa shape index (κ3) is 3.39. The van der Waals surface area contributed by atoms with Gasteiger partial charge < -0.3 is 10.3 Å². The lowest BCUT2D eigenvalue weighted by molar-refractivity contribution is 0.598. The molecule has 0 unspecified atom stereocenters. The molecule has 5 nitrogen and oxygen atoms in total. The lowest BCUT2D eigenvalue weighted by atomic mass is 10.1. The maximum absolute atomic E-state index is 12.4. The fourth-order valence-corrected chi connectivity index (χ4v) is 4.52. The first-order chi connectivity index (χ1) is 12.1. The first-order valence-electron chi connectivity index (χ1n) is 8.63. The number of benzene rings is 2. The maximum atomic E-state index is 12.4. The van der Waals surface area contributed by atoms with Crippen LogP contribution in [0.4, 0.5) is 5.69 Å². The van der Waals surface area contributed by atoms with Crippen molar-refractivity contribution in [3.63, 3.8) is 0 Å². The maximum Gasteiger partial charge on any atom is 0.196 e. The van der Waals surface area contributed by atoms with Gasteiger partial charge in [0.2, 0.25) is 0 Å². The zero-order valence-corrected chi connectivity index (χ0v) is 14.7. The van der Waals surface area contributed by atoms with E-state index in [9.17, 15) is 8.42 Å². The van der Waals surface area contributed by atoms with Gasteiger partial charge in [0.25, 0.3) is 0 Å². The molecule has 130 valence electrons. The summed E-state index contributed by atoms with van der Waals surface area (Å²) in [5.74, 6) is 1.45. The number of anilines is 1. The number of sulfone groups is 1. The fourth-order valence-electron chi connectivity index (χ4n) is 3.42. The third-order valence-electron chi connectivity index (χ3n) is 4.81. The number of nitrogens with zero attached hydrogens (tertiary/aromatic N) is 1. The number of fused-ring (bicyclic) bond motifs is 1. The zero-order chi connectivity index (χ0) is 17.3. The van der Waals surface area contributed by atoms with E-state index in [-0.39, 0.29) is 5.88 Å². The van der Waals surface area contributed by atoms with E-state index in [1.54, 1.807) is 30.3 Å². The van der Waals surface area contributed by atoms with Crippen LogP contribution in [0.3, 0.4) is 0 Å². The van der Waals surface area contributed by atoms with E-state index in [4.69, 9.17) is 4.98 Å². The molecule has 1 aliphatic rings. The molecule has 0 aliphatic heterocycles. The first-order valence-corrected chi connectivity index (χ1v) is 10.3. The number of rotatable bonds is 5. The molecule has 1 aromatic heterocycles. The molecule has 1 heterocycles. The Hall–Kier alpha value is -2.34. The van der Waals surface area contributed by atoms with Crippen molar-refractivity contribution in [2.24, 2.45) is 0 Å². The van der Waals surface area contributed by atoms with E-state index in [1.165, 1.54) is 25.7 Å². The van der Waals surface area contributed by atoms with Crippen LogP contribution in [0.25, 0.3) is 11.0 Å². The van der Waals surface area contributed by atoms with E-state index in [2.05, 4.69) is 10.3 Å². The van der Waals surface area contributed by atoms with Gasteiger partial charge in [0.1, 0.15) is 11.7 Å². The second-order valence-corrected chi connectivity index (χ2v) is 8.57. The average molecular weight is 355 g/mol. The molecule has 0 atom stereocenters. The van der Waals surface area contributed by atoms with Crippen LogP contribution in [0.15, 0.2) is 53.4 Å². The van der Waals surface area contributed by atoms with E-state index in [0.29, 0.717) is 10.8 Å². The van der Waals surface area contributed by atoms with Crippen molar-refractivity contribution in [2.75, 3.05) is 11.2 Å². The molecule has 0 radical (unpaired) electrons. The van der Waals surface area contributed by atoms with Crippen LogP contribution in [-0.4, -0.2) is 24.3 Å². The van der Waals surface area contributed by atoms with Crippen LogP contribution in [0.5, 0.6) is 0 Å². The van der Waals surface area contributed by atoms with Crippen LogP contribution in [0, 0.1) is 0 Å². The first kappa shape index (κ1) is 16.1. The highest BCUT2D eigenvalue weighted by atomic mass is 32.2. The monoisotopic (exact) mass is 355 g/mol. The Balaban J connectivity index is 1.52. The largest absolute Gasteiger partial charge is 0.371 e. The minimum Gasteiger partial charge on any atom is -0.371 e. The van der Waals surface area contributed by atoms with Crippen LogP contribution in [0.1, 0.15) is 37.4 Å². The fraction of sp³-hybridized carbons (Fsp3) is 0.316. The van der Waals surface area contributed by atoms with Crippen molar-refractivity contribution in [2.45, 2.75) is 36.5 Å². The topological polar surface area (TPSA) is 74.8 Å². The third-order valence-corrected chi connectivity index (χ3v) is 6.33. The van der Waals surface area contributed by atoms with Gasteiger partial charge in [-0.05, 0) is 43.2 Å². The molecule has 0 saturated heterocycles. The second kappa shape index (κ2) is 6.52. The van der Waals surface area contributed by atoms with Crippen LogP contribution in [0.2, 0.25) is 0 Å². The molecule has 25 heavy (non-hydrogen) atoms. The molecule has 0 amide bonds. The summed E-state index contributed by atoms with van der Waals surface area (Å²) in [4.78, 5) is 8.42. The summed E-state index contributed by atoms with van der Waals surface area (Å²) in [5, 5.41) is 3.02.